The van der Waals surface area contributed by atoms with E-state index in [9.17, 15) is 19.5 Å². The number of nitrogen functional groups attached to an aromatic ring is 1. The number of anilines is 1. The average molecular weight is 545 g/mol. The number of nitrogens with one attached hydrogen (secondary N) is 1. The summed E-state index contributed by atoms with van der Waals surface area (Å²) in [6.45, 7) is 0. The van der Waals surface area contributed by atoms with Crippen LogP contribution in [-0.2, 0) is 19.2 Å². The summed E-state index contributed by atoms with van der Waals surface area (Å²) in [6, 6.07) is 2.77. The normalized spacial score (nSPS) is 21.8. The number of carbonyl (C=O) groups excluding carboxylic acids is 2. The first-order chi connectivity index (χ1) is 17.4. The molecule has 3 aliphatic rings. The van der Waals surface area contributed by atoms with E-state index in [2.05, 4.69) is 20.4 Å². The van der Waals surface area contributed by atoms with Crippen LogP contribution in [0.3, 0.4) is 0 Å². The van der Waals surface area contributed by atoms with Crippen molar-refractivity contribution < 1.29 is 24.3 Å². The summed E-state index contributed by atoms with van der Waals surface area (Å²) < 4.78 is 0. The molecule has 1 aliphatic carbocycles. The molecule has 0 bridgehead atoms. The molecule has 11 nitrogen and oxygen atoms in total. The van der Waals surface area contributed by atoms with Gasteiger partial charge in [-0.2, -0.15) is 0 Å². The summed E-state index contributed by atoms with van der Waals surface area (Å²) in [7, 11) is 0. The molecule has 14 heteroatoms. The molecule has 0 unspecified atom stereocenters. The van der Waals surface area contributed by atoms with Crippen molar-refractivity contribution in [3.05, 3.63) is 57.2 Å². The summed E-state index contributed by atoms with van der Waals surface area (Å²) in [6.07, 6.45) is 6.85. The van der Waals surface area contributed by atoms with Gasteiger partial charge in [0.1, 0.15) is 28.9 Å². The third kappa shape index (κ3) is 5.10. The number of hydrogen-bond acceptors (Lipinski definition) is 11. The van der Waals surface area contributed by atoms with E-state index in [-0.39, 0.29) is 28.3 Å². The number of carbonyl (C=O) groups is 3. The zero-order chi connectivity index (χ0) is 25.2. The average Bonchev–Trinajstić information content (AvgIpc) is 3.61. The highest BCUT2D eigenvalue weighted by molar-refractivity contribution is 8.08. The molecule has 5 rings (SSSR count). The molecule has 0 radical (unpaired) electrons. The van der Waals surface area contributed by atoms with Gasteiger partial charge in [-0.3, -0.25) is 19.5 Å². The van der Waals surface area contributed by atoms with Crippen LogP contribution in [0, 0.1) is 0 Å². The standard InChI is InChI=1S/C22H20N6O5S3/c23-22-25-13(9-36-22)15(27-33-12-3-4-12)18(29)26-16-19(30)28-17(21(31)32)14(10-35-20(16)28)34-7-5-11-2-1-6-24-8-11/h1-2,5-9,12,16,20H,3-4,10H2,(H2,23,25)(H,26,29)(H,31,32)/t16-,20+/m1/s1. The van der Waals surface area contributed by atoms with Crippen LogP contribution in [-0.4, -0.2) is 66.7 Å². The lowest BCUT2D eigenvalue weighted by Gasteiger charge is -2.49. The largest absolute Gasteiger partial charge is 0.477 e. The number of aliphatic carboxylic acids is 1. The first-order valence-corrected chi connectivity index (χ1v) is 13.6. The van der Waals surface area contributed by atoms with Crippen molar-refractivity contribution in [1.82, 2.24) is 20.2 Å². The van der Waals surface area contributed by atoms with E-state index in [0.717, 1.165) is 29.7 Å². The Kier molecular flexibility index (Phi) is 6.98. The Morgan fingerprint density at radius 3 is 2.89 bits per heavy atom. The number of hydrogen-bond donors (Lipinski definition) is 3. The Morgan fingerprint density at radius 2 is 2.22 bits per heavy atom. The highest BCUT2D eigenvalue weighted by Crippen LogP contribution is 2.43. The van der Waals surface area contributed by atoms with Gasteiger partial charge in [-0.15, -0.1) is 23.1 Å². The van der Waals surface area contributed by atoms with E-state index >= 15 is 0 Å². The van der Waals surface area contributed by atoms with Crippen LogP contribution in [0.2, 0.25) is 0 Å². The maximum Gasteiger partial charge on any atom is 0.353 e. The number of nitrogens with zero attached hydrogens (tertiary/aromatic N) is 4. The molecule has 1 saturated heterocycles. The quantitative estimate of drug-likeness (QED) is 0.242. The van der Waals surface area contributed by atoms with Crippen molar-refractivity contribution in [3.63, 3.8) is 0 Å². The van der Waals surface area contributed by atoms with Gasteiger partial charge in [0.2, 0.25) is 0 Å². The Hall–Kier alpha value is -3.36. The zero-order valence-corrected chi connectivity index (χ0v) is 21.0. The van der Waals surface area contributed by atoms with Gasteiger partial charge in [-0.1, -0.05) is 23.0 Å². The number of carboxylic acid groups (broad SMARTS) is 1. The van der Waals surface area contributed by atoms with Crippen LogP contribution in [0.1, 0.15) is 24.1 Å². The minimum Gasteiger partial charge on any atom is -0.477 e. The summed E-state index contributed by atoms with van der Waals surface area (Å²) in [5.74, 6) is -1.97. The van der Waals surface area contributed by atoms with Crippen LogP contribution in [0.15, 0.2) is 51.1 Å². The predicted molar refractivity (Wildman–Crippen MR) is 138 cm³/mol. The number of aromatic nitrogens is 2. The monoisotopic (exact) mass is 544 g/mol. The van der Waals surface area contributed by atoms with E-state index in [4.69, 9.17) is 10.6 Å². The Labute approximate surface area is 217 Å². The van der Waals surface area contributed by atoms with E-state index in [1.54, 1.807) is 29.2 Å². The number of pyridine rings is 1. The molecule has 2 fully saturated rings. The van der Waals surface area contributed by atoms with Gasteiger partial charge in [0.25, 0.3) is 11.8 Å². The van der Waals surface area contributed by atoms with Gasteiger partial charge in [0.15, 0.2) is 10.8 Å². The van der Waals surface area contributed by atoms with Gasteiger partial charge >= 0.3 is 5.97 Å². The number of β-lactam (4-membered cyclic amide) rings is 1. The van der Waals surface area contributed by atoms with E-state index in [0.29, 0.717) is 10.7 Å². The molecule has 2 aromatic heterocycles. The molecule has 2 aromatic rings. The fourth-order valence-electron chi connectivity index (χ4n) is 3.46. The third-order valence-corrected chi connectivity index (χ3v) is 8.41. The molecule has 0 spiro atoms. The molecular formula is C22H20N6O5S3. The van der Waals surface area contributed by atoms with E-state index in [1.165, 1.54) is 28.4 Å². The summed E-state index contributed by atoms with van der Waals surface area (Å²) >= 11 is 3.77. The van der Waals surface area contributed by atoms with Crippen molar-refractivity contribution in [2.24, 2.45) is 5.16 Å². The molecular weight excluding hydrogens is 524 g/mol. The van der Waals surface area contributed by atoms with Gasteiger partial charge in [0.05, 0.1) is 0 Å². The third-order valence-electron chi connectivity index (χ3n) is 5.37. The fraction of sp³-hybridized carbons (Fsp3) is 0.273. The van der Waals surface area contributed by atoms with Crippen molar-refractivity contribution >= 4 is 69.6 Å². The molecule has 4 heterocycles. The smallest absolute Gasteiger partial charge is 0.353 e. The lowest BCUT2D eigenvalue weighted by atomic mass is 10.0. The van der Waals surface area contributed by atoms with E-state index in [1.807, 2.05) is 12.1 Å². The van der Waals surface area contributed by atoms with Crippen LogP contribution in [0.25, 0.3) is 6.08 Å². The summed E-state index contributed by atoms with van der Waals surface area (Å²) in [5, 5.41) is 19.6. The van der Waals surface area contributed by atoms with Gasteiger partial charge in [-0.25, -0.2) is 9.78 Å². The SMILES string of the molecule is Nc1nc(C(=NOC2CC2)C(=O)N[C@@H]2C(=O)N3C(C(=O)O)=C(SC=Cc4cccnc4)CS[C@@H]23)cs1. The minimum absolute atomic E-state index is 0.0371. The zero-order valence-electron chi connectivity index (χ0n) is 18.6. The van der Waals surface area contributed by atoms with Crippen LogP contribution in [0.4, 0.5) is 5.13 Å². The molecule has 2 aliphatic heterocycles. The maximum atomic E-state index is 13.0. The van der Waals surface area contributed by atoms with Gasteiger partial charge < -0.3 is 21.0 Å². The van der Waals surface area contributed by atoms with E-state index < -0.39 is 29.2 Å². The lowest BCUT2D eigenvalue weighted by Crippen LogP contribution is -2.71. The second kappa shape index (κ2) is 10.3. The Balaban J connectivity index is 1.30. The number of amides is 2. The number of nitrogens with two attached hydrogens (primary N) is 1. The van der Waals surface area contributed by atoms with Crippen molar-refractivity contribution in [2.45, 2.75) is 30.4 Å². The first-order valence-electron chi connectivity index (χ1n) is 10.8. The minimum atomic E-state index is -1.20. The summed E-state index contributed by atoms with van der Waals surface area (Å²) in [5.41, 5.74) is 6.67. The molecule has 1 saturated carbocycles. The number of carboxylic acids is 1. The van der Waals surface area contributed by atoms with Gasteiger partial charge in [-0.05, 0) is 36.0 Å². The van der Waals surface area contributed by atoms with Crippen LogP contribution >= 0.6 is 34.9 Å². The number of fused-ring (bicyclic) bond motifs is 1. The second-order valence-corrected chi connectivity index (χ2v) is 11.0. The van der Waals surface area contributed by atoms with Crippen molar-refractivity contribution in [1.29, 1.82) is 0 Å². The van der Waals surface area contributed by atoms with Crippen LogP contribution < -0.4 is 11.1 Å². The van der Waals surface area contributed by atoms with Crippen LogP contribution in [0.5, 0.6) is 0 Å². The summed E-state index contributed by atoms with van der Waals surface area (Å²) in [4.78, 5) is 53.3. The fourth-order valence-corrected chi connectivity index (χ4v) is 6.37. The number of oxime groups is 1. The van der Waals surface area contributed by atoms with Crippen molar-refractivity contribution in [2.75, 3.05) is 11.5 Å². The molecule has 186 valence electrons. The number of thiazole rings is 1. The topological polar surface area (TPSA) is 160 Å². The molecule has 2 atom stereocenters. The van der Waals surface area contributed by atoms with Gasteiger partial charge in [0, 0.05) is 28.4 Å². The Morgan fingerprint density at radius 1 is 1.39 bits per heavy atom. The predicted octanol–water partition coefficient (Wildman–Crippen LogP) is 2.10. The molecule has 0 aromatic carbocycles. The second-order valence-electron chi connectivity index (χ2n) is 7.96. The number of thioether (sulfide) groups is 2. The highest BCUT2D eigenvalue weighted by atomic mass is 32.2. The molecule has 2 amide bonds. The highest BCUT2D eigenvalue weighted by Gasteiger charge is 2.54. The van der Waals surface area contributed by atoms with Crippen molar-refractivity contribution in [3.8, 4) is 0 Å². The molecule has 4 N–H and O–H groups in total. The number of rotatable bonds is 9. The Bertz CT molecular complexity index is 1290. The maximum absolute atomic E-state index is 13.0. The molecule has 36 heavy (non-hydrogen) atoms. The lowest BCUT2D eigenvalue weighted by molar-refractivity contribution is -0.150. The first kappa shape index (κ1) is 24.3.